The third-order valence-electron chi connectivity index (χ3n) is 2.75. The zero-order valence-electron chi connectivity index (χ0n) is 10.0. The average molecular weight is 206 g/mol. The van der Waals surface area contributed by atoms with Crippen molar-refractivity contribution in [3.63, 3.8) is 0 Å². The highest BCUT2D eigenvalue weighted by atomic mass is 14.9. The molecule has 0 radical (unpaired) electrons. The summed E-state index contributed by atoms with van der Waals surface area (Å²) in [6.07, 6.45) is 1.08. The van der Waals surface area contributed by atoms with E-state index in [0.717, 1.165) is 13.0 Å². The first-order chi connectivity index (χ1) is 7.13. The lowest BCUT2D eigenvalue weighted by atomic mass is 10.0. The Bertz CT molecular complexity index is 307. The summed E-state index contributed by atoms with van der Waals surface area (Å²) >= 11 is 0. The van der Waals surface area contributed by atoms with E-state index in [2.05, 4.69) is 44.3 Å². The van der Waals surface area contributed by atoms with Crippen LogP contribution in [0.3, 0.4) is 0 Å². The normalized spacial score (nSPS) is 12.8. The van der Waals surface area contributed by atoms with Crippen LogP contribution in [0.5, 0.6) is 0 Å². The molecule has 1 atom stereocenters. The van der Waals surface area contributed by atoms with E-state index in [1.807, 2.05) is 0 Å². The van der Waals surface area contributed by atoms with E-state index in [1.165, 1.54) is 16.7 Å². The summed E-state index contributed by atoms with van der Waals surface area (Å²) < 4.78 is 0. The predicted molar refractivity (Wildman–Crippen MR) is 66.1 cm³/mol. The summed E-state index contributed by atoms with van der Waals surface area (Å²) in [5.41, 5.74) is 9.69. The van der Waals surface area contributed by atoms with E-state index in [1.54, 1.807) is 0 Å². The van der Waals surface area contributed by atoms with Crippen molar-refractivity contribution >= 4 is 0 Å². The Kier molecular flexibility index (Phi) is 4.79. The third kappa shape index (κ3) is 4.02. The van der Waals surface area contributed by atoms with Gasteiger partial charge in [-0.1, -0.05) is 23.8 Å². The van der Waals surface area contributed by atoms with Crippen LogP contribution >= 0.6 is 0 Å². The second-order valence-corrected chi connectivity index (χ2v) is 4.27. The topological polar surface area (TPSA) is 38.0 Å². The van der Waals surface area contributed by atoms with Gasteiger partial charge in [0.2, 0.25) is 0 Å². The maximum atomic E-state index is 5.54. The van der Waals surface area contributed by atoms with Crippen LogP contribution in [0.25, 0.3) is 0 Å². The Morgan fingerprint density at radius 3 is 2.73 bits per heavy atom. The molecule has 84 valence electrons. The zero-order valence-corrected chi connectivity index (χ0v) is 10.0. The van der Waals surface area contributed by atoms with Gasteiger partial charge in [0.05, 0.1) is 0 Å². The minimum absolute atomic E-state index is 0.412. The SMILES string of the molecule is Cc1ccc(C)c(CCNC(C)CN)c1. The zero-order chi connectivity index (χ0) is 11.3. The van der Waals surface area contributed by atoms with Gasteiger partial charge in [0.15, 0.2) is 0 Å². The van der Waals surface area contributed by atoms with Crippen LogP contribution in [0, 0.1) is 13.8 Å². The van der Waals surface area contributed by atoms with Crippen LogP contribution in [0.2, 0.25) is 0 Å². The van der Waals surface area contributed by atoms with Crippen LogP contribution in [-0.4, -0.2) is 19.1 Å². The van der Waals surface area contributed by atoms with Gasteiger partial charge < -0.3 is 11.1 Å². The summed E-state index contributed by atoms with van der Waals surface area (Å²) in [6, 6.07) is 7.03. The molecular weight excluding hydrogens is 184 g/mol. The van der Waals surface area contributed by atoms with Crippen molar-refractivity contribution in [1.82, 2.24) is 5.32 Å². The van der Waals surface area contributed by atoms with E-state index in [0.29, 0.717) is 12.6 Å². The number of hydrogen-bond donors (Lipinski definition) is 2. The van der Waals surface area contributed by atoms with E-state index in [9.17, 15) is 0 Å². The van der Waals surface area contributed by atoms with Crippen molar-refractivity contribution in [2.45, 2.75) is 33.2 Å². The molecular formula is C13H22N2. The number of nitrogens with two attached hydrogens (primary N) is 1. The van der Waals surface area contributed by atoms with Crippen molar-refractivity contribution in [2.75, 3.05) is 13.1 Å². The standard InChI is InChI=1S/C13H22N2/c1-10-4-5-11(2)13(8-10)6-7-15-12(3)9-14/h4-5,8,12,15H,6-7,9,14H2,1-3H3. The Morgan fingerprint density at radius 2 is 2.07 bits per heavy atom. The fourth-order valence-corrected chi connectivity index (χ4v) is 1.61. The van der Waals surface area contributed by atoms with Gasteiger partial charge in [-0.2, -0.15) is 0 Å². The van der Waals surface area contributed by atoms with Gasteiger partial charge in [-0.25, -0.2) is 0 Å². The van der Waals surface area contributed by atoms with Crippen molar-refractivity contribution < 1.29 is 0 Å². The van der Waals surface area contributed by atoms with E-state index in [-0.39, 0.29) is 0 Å². The third-order valence-corrected chi connectivity index (χ3v) is 2.75. The molecule has 0 saturated carbocycles. The highest BCUT2D eigenvalue weighted by Gasteiger charge is 2.00. The lowest BCUT2D eigenvalue weighted by Crippen LogP contribution is -2.34. The second-order valence-electron chi connectivity index (χ2n) is 4.27. The van der Waals surface area contributed by atoms with Gasteiger partial charge >= 0.3 is 0 Å². The molecule has 1 aromatic rings. The Hall–Kier alpha value is -0.860. The van der Waals surface area contributed by atoms with Crippen molar-refractivity contribution in [3.8, 4) is 0 Å². The molecule has 1 aromatic carbocycles. The summed E-state index contributed by atoms with van der Waals surface area (Å²) in [6.45, 7) is 8.12. The Balaban J connectivity index is 2.46. The first kappa shape index (κ1) is 12.2. The van der Waals surface area contributed by atoms with Crippen LogP contribution in [0.1, 0.15) is 23.6 Å². The number of nitrogens with one attached hydrogen (secondary N) is 1. The van der Waals surface area contributed by atoms with Gasteiger partial charge in [0, 0.05) is 12.6 Å². The number of rotatable bonds is 5. The number of benzene rings is 1. The molecule has 0 aliphatic carbocycles. The van der Waals surface area contributed by atoms with Crippen LogP contribution in [0.15, 0.2) is 18.2 Å². The number of aryl methyl sites for hydroxylation is 2. The van der Waals surface area contributed by atoms with E-state index < -0.39 is 0 Å². The minimum Gasteiger partial charge on any atom is -0.329 e. The first-order valence-corrected chi connectivity index (χ1v) is 5.63. The maximum absolute atomic E-state index is 5.54. The smallest absolute Gasteiger partial charge is 0.0162 e. The molecule has 0 bridgehead atoms. The minimum atomic E-state index is 0.412. The lowest BCUT2D eigenvalue weighted by molar-refractivity contribution is 0.558. The maximum Gasteiger partial charge on any atom is 0.0162 e. The number of hydrogen-bond acceptors (Lipinski definition) is 2. The van der Waals surface area contributed by atoms with Gasteiger partial charge in [-0.3, -0.25) is 0 Å². The lowest BCUT2D eigenvalue weighted by Gasteiger charge is -2.12. The molecule has 0 amide bonds. The van der Waals surface area contributed by atoms with Crippen LogP contribution in [0.4, 0.5) is 0 Å². The Morgan fingerprint density at radius 1 is 1.33 bits per heavy atom. The molecule has 3 N–H and O–H groups in total. The molecule has 0 heterocycles. The van der Waals surface area contributed by atoms with Crippen LogP contribution < -0.4 is 11.1 Å². The van der Waals surface area contributed by atoms with E-state index >= 15 is 0 Å². The summed E-state index contributed by atoms with van der Waals surface area (Å²) in [5.74, 6) is 0. The second kappa shape index (κ2) is 5.89. The monoisotopic (exact) mass is 206 g/mol. The fourth-order valence-electron chi connectivity index (χ4n) is 1.61. The molecule has 0 saturated heterocycles. The summed E-state index contributed by atoms with van der Waals surface area (Å²) in [5, 5.41) is 3.40. The van der Waals surface area contributed by atoms with Gasteiger partial charge in [-0.05, 0) is 44.9 Å². The first-order valence-electron chi connectivity index (χ1n) is 5.63. The summed E-state index contributed by atoms with van der Waals surface area (Å²) in [7, 11) is 0. The van der Waals surface area contributed by atoms with Gasteiger partial charge in [0.25, 0.3) is 0 Å². The molecule has 2 heteroatoms. The molecule has 1 unspecified atom stereocenters. The molecule has 1 rings (SSSR count). The predicted octanol–water partition coefficient (Wildman–Crippen LogP) is 1.78. The van der Waals surface area contributed by atoms with Crippen molar-refractivity contribution in [2.24, 2.45) is 5.73 Å². The highest BCUT2D eigenvalue weighted by Crippen LogP contribution is 2.10. The molecule has 15 heavy (non-hydrogen) atoms. The molecule has 0 spiro atoms. The van der Waals surface area contributed by atoms with Crippen molar-refractivity contribution in [3.05, 3.63) is 34.9 Å². The Labute approximate surface area is 92.9 Å². The quantitative estimate of drug-likeness (QED) is 0.770. The van der Waals surface area contributed by atoms with Crippen LogP contribution in [-0.2, 0) is 6.42 Å². The summed E-state index contributed by atoms with van der Waals surface area (Å²) in [4.78, 5) is 0. The molecule has 0 aliphatic heterocycles. The largest absolute Gasteiger partial charge is 0.329 e. The highest BCUT2D eigenvalue weighted by molar-refractivity contribution is 5.30. The molecule has 2 nitrogen and oxygen atoms in total. The molecule has 0 fully saturated rings. The van der Waals surface area contributed by atoms with E-state index in [4.69, 9.17) is 5.73 Å². The molecule has 0 aliphatic rings. The van der Waals surface area contributed by atoms with Gasteiger partial charge in [-0.15, -0.1) is 0 Å². The molecule has 0 aromatic heterocycles. The average Bonchev–Trinajstić information content (AvgIpc) is 2.23. The van der Waals surface area contributed by atoms with Gasteiger partial charge in [0.1, 0.15) is 0 Å². The van der Waals surface area contributed by atoms with Crippen molar-refractivity contribution in [1.29, 1.82) is 0 Å². The fraction of sp³-hybridized carbons (Fsp3) is 0.538.